The summed E-state index contributed by atoms with van der Waals surface area (Å²) in [5.41, 5.74) is -0.368. The monoisotopic (exact) mass is 175 g/mol. The molecule has 0 aromatic heterocycles. The minimum Gasteiger partial charge on any atom is -0.258 e. The molecule has 11 heavy (non-hydrogen) atoms. The quantitative estimate of drug-likeness (QED) is 0.374. The number of hydrogen-bond donors (Lipinski definition) is 0. The Morgan fingerprint density at radius 1 is 1.73 bits per heavy atom. The Kier molecular flexibility index (Phi) is 4.21. The van der Waals surface area contributed by atoms with Crippen molar-refractivity contribution in [3.05, 3.63) is 46.0 Å². The maximum absolute atomic E-state index is 11.8. The summed E-state index contributed by atoms with van der Waals surface area (Å²) in [5, 5.41) is 10.1. The molecule has 60 valence electrons. The summed E-state index contributed by atoms with van der Waals surface area (Å²) < 4.78 is 11.8. The number of hydrogen-bond acceptors (Lipinski definition) is 3. The van der Waals surface area contributed by atoms with Gasteiger partial charge in [-0.1, -0.05) is 19.2 Å². The third-order valence-corrected chi connectivity index (χ3v) is 1.25. The molecule has 0 fully saturated rings. The molecule has 0 aliphatic rings. The zero-order valence-electron chi connectivity index (χ0n) is 5.62. The minimum absolute atomic E-state index is 0.227. The van der Waals surface area contributed by atoms with Gasteiger partial charge in [-0.15, -0.1) is 0 Å². The maximum atomic E-state index is 11.8. The average molecular weight is 175 g/mol. The summed E-state index contributed by atoms with van der Waals surface area (Å²) in [6, 6.07) is 0. The van der Waals surface area contributed by atoms with E-state index in [0.29, 0.717) is 0 Å². The zero-order valence-corrected chi connectivity index (χ0v) is 6.44. The number of halogens is 1. The van der Waals surface area contributed by atoms with Crippen molar-refractivity contribution in [2.75, 3.05) is 0 Å². The van der Waals surface area contributed by atoms with Crippen LogP contribution in [0.4, 0.5) is 3.89 Å². The molecule has 0 saturated carbocycles. The van der Waals surface area contributed by atoms with Crippen molar-refractivity contribution in [2.45, 2.75) is 0 Å². The lowest BCUT2D eigenvalue weighted by atomic mass is 10.4. The van der Waals surface area contributed by atoms with Crippen LogP contribution >= 0.6 is 12.1 Å². The number of rotatable bonds is 4. The molecule has 0 bridgehead atoms. The highest BCUT2D eigenvalue weighted by molar-refractivity contribution is 7.98. The molecule has 0 aliphatic heterocycles. The van der Waals surface area contributed by atoms with Gasteiger partial charge in [0.1, 0.15) is 4.91 Å². The summed E-state index contributed by atoms with van der Waals surface area (Å²) in [7, 11) is 0. The van der Waals surface area contributed by atoms with Gasteiger partial charge in [0.15, 0.2) is 0 Å². The van der Waals surface area contributed by atoms with Gasteiger partial charge in [0.25, 0.3) is 5.70 Å². The van der Waals surface area contributed by atoms with E-state index >= 15 is 0 Å². The summed E-state index contributed by atoms with van der Waals surface area (Å²) in [6.07, 6.45) is 2.30. The van der Waals surface area contributed by atoms with E-state index in [2.05, 4.69) is 13.2 Å². The van der Waals surface area contributed by atoms with Crippen molar-refractivity contribution in [1.82, 2.24) is 0 Å². The molecule has 0 N–H and O–H groups in total. The smallest absolute Gasteiger partial charge is 0.258 e. The second-order valence-corrected chi connectivity index (χ2v) is 2.19. The third kappa shape index (κ3) is 2.99. The van der Waals surface area contributed by atoms with E-state index in [0.717, 1.165) is 6.08 Å². The normalized spacial score (nSPS) is 10.8. The van der Waals surface area contributed by atoms with Crippen LogP contribution in [-0.2, 0) is 0 Å². The number of nitrogens with zero attached hydrogens (tertiary/aromatic N) is 1. The van der Waals surface area contributed by atoms with Gasteiger partial charge in [0.2, 0.25) is 0 Å². The predicted molar refractivity (Wildman–Crippen MR) is 43.1 cm³/mol. The first kappa shape index (κ1) is 9.90. The van der Waals surface area contributed by atoms with E-state index in [1.165, 1.54) is 6.08 Å². The molecule has 0 aromatic carbocycles. The van der Waals surface area contributed by atoms with Crippen LogP contribution in [0.25, 0.3) is 0 Å². The van der Waals surface area contributed by atoms with E-state index < -0.39 is 4.92 Å². The van der Waals surface area contributed by atoms with E-state index in [-0.39, 0.29) is 22.8 Å². The van der Waals surface area contributed by atoms with Crippen molar-refractivity contribution in [3.63, 3.8) is 0 Å². The molecular formula is C6H6FNO2S. The highest BCUT2D eigenvalue weighted by Gasteiger charge is 2.14. The van der Waals surface area contributed by atoms with Crippen LogP contribution in [0.15, 0.2) is 35.9 Å². The molecule has 0 radical (unpaired) electrons. The standard InChI is InChI=1S/C6H6FNO2S/c1-3-4-6(8(9)10)5(2)11-7/h3-4H,1-2H2/b6-4+. The second-order valence-electron chi connectivity index (χ2n) is 1.55. The van der Waals surface area contributed by atoms with Gasteiger partial charge in [0.05, 0.1) is 17.1 Å². The van der Waals surface area contributed by atoms with Gasteiger partial charge in [-0.25, -0.2) is 0 Å². The fraction of sp³-hybridized carbons (Fsp3) is 0. The van der Waals surface area contributed by atoms with Crippen molar-refractivity contribution in [2.24, 2.45) is 0 Å². The third-order valence-electron chi connectivity index (χ3n) is 0.851. The van der Waals surface area contributed by atoms with Gasteiger partial charge in [-0.2, -0.15) is 3.89 Å². The molecule has 0 heterocycles. The molecule has 0 unspecified atom stereocenters. The topological polar surface area (TPSA) is 43.1 Å². The Morgan fingerprint density at radius 2 is 2.27 bits per heavy atom. The van der Waals surface area contributed by atoms with Gasteiger partial charge in [-0.3, -0.25) is 10.1 Å². The van der Waals surface area contributed by atoms with Crippen molar-refractivity contribution < 1.29 is 8.81 Å². The lowest BCUT2D eigenvalue weighted by Gasteiger charge is -1.93. The molecule has 3 nitrogen and oxygen atoms in total. The number of allylic oxidation sites excluding steroid dienone is 2. The molecule has 0 spiro atoms. The lowest BCUT2D eigenvalue weighted by molar-refractivity contribution is -0.419. The van der Waals surface area contributed by atoms with E-state index in [4.69, 9.17) is 0 Å². The Morgan fingerprint density at radius 3 is 2.55 bits per heavy atom. The Labute approximate surface area is 67.7 Å². The first-order chi connectivity index (χ1) is 5.13. The maximum Gasteiger partial charge on any atom is 0.284 e. The molecule has 0 amide bonds. The fourth-order valence-corrected chi connectivity index (χ4v) is 0.628. The fourth-order valence-electron chi connectivity index (χ4n) is 0.407. The van der Waals surface area contributed by atoms with Crippen LogP contribution in [0.2, 0.25) is 0 Å². The molecule has 0 saturated heterocycles. The van der Waals surface area contributed by atoms with E-state index in [9.17, 15) is 14.0 Å². The zero-order chi connectivity index (χ0) is 8.85. The van der Waals surface area contributed by atoms with Crippen molar-refractivity contribution >= 4 is 12.1 Å². The minimum atomic E-state index is -0.712. The van der Waals surface area contributed by atoms with Crippen LogP contribution in [0.3, 0.4) is 0 Å². The SMILES string of the molecule is C=C/C=C(\C(=C)SF)[N+](=O)[O-]. The Balaban J connectivity index is 4.61. The highest BCUT2D eigenvalue weighted by Crippen LogP contribution is 2.22. The largest absolute Gasteiger partial charge is 0.284 e. The van der Waals surface area contributed by atoms with Crippen LogP contribution in [0.5, 0.6) is 0 Å². The lowest BCUT2D eigenvalue weighted by Crippen LogP contribution is -1.97. The molecule has 5 heteroatoms. The van der Waals surface area contributed by atoms with Crippen molar-refractivity contribution in [3.8, 4) is 0 Å². The second kappa shape index (κ2) is 4.68. The molecular weight excluding hydrogens is 169 g/mol. The van der Waals surface area contributed by atoms with E-state index in [1.807, 2.05) is 0 Å². The summed E-state index contributed by atoms with van der Waals surface area (Å²) >= 11 is -0.251. The molecule has 0 rings (SSSR count). The van der Waals surface area contributed by atoms with Crippen LogP contribution in [-0.4, -0.2) is 4.92 Å². The molecule has 0 aliphatic carbocycles. The first-order valence-electron chi connectivity index (χ1n) is 2.58. The predicted octanol–water partition coefficient (Wildman–Crippen LogP) is 2.46. The Bertz CT molecular complexity index is 225. The van der Waals surface area contributed by atoms with Crippen LogP contribution in [0.1, 0.15) is 0 Å². The van der Waals surface area contributed by atoms with Gasteiger partial charge < -0.3 is 0 Å². The highest BCUT2D eigenvalue weighted by atomic mass is 32.2. The summed E-state index contributed by atoms with van der Waals surface area (Å²) in [4.78, 5) is 9.20. The van der Waals surface area contributed by atoms with Gasteiger partial charge in [0, 0.05) is 6.08 Å². The Hall–Kier alpha value is -1.10. The van der Waals surface area contributed by atoms with E-state index in [1.54, 1.807) is 0 Å². The average Bonchev–Trinajstić information content (AvgIpc) is 1.98. The van der Waals surface area contributed by atoms with Crippen molar-refractivity contribution in [1.29, 1.82) is 0 Å². The van der Waals surface area contributed by atoms with Gasteiger partial charge >= 0.3 is 0 Å². The summed E-state index contributed by atoms with van der Waals surface area (Å²) in [6.45, 7) is 6.39. The molecule has 0 atom stereocenters. The van der Waals surface area contributed by atoms with Crippen LogP contribution in [0, 0.1) is 10.1 Å². The van der Waals surface area contributed by atoms with Crippen LogP contribution < -0.4 is 0 Å². The van der Waals surface area contributed by atoms with Gasteiger partial charge in [-0.05, 0) is 0 Å². The summed E-state index contributed by atoms with van der Waals surface area (Å²) in [5.74, 6) is 0. The number of nitro groups is 1. The molecule has 0 aromatic rings. The first-order valence-corrected chi connectivity index (χ1v) is 3.30.